The Morgan fingerprint density at radius 3 is 3.00 bits per heavy atom. The maximum atomic E-state index is 8.01. The van der Waals surface area contributed by atoms with Gasteiger partial charge < -0.3 is 10.4 Å². The minimum Gasteiger partial charge on any atom is -0.429 e. The summed E-state index contributed by atoms with van der Waals surface area (Å²) in [6.07, 6.45) is 1.16. The molecule has 1 radical (unpaired) electrons. The van der Waals surface area contributed by atoms with E-state index in [4.69, 9.17) is 11.0 Å². The highest BCUT2D eigenvalue weighted by Crippen LogP contribution is 1.83. The zero-order valence-electron chi connectivity index (χ0n) is 4.63. The molecule has 0 amide bonds. The van der Waals surface area contributed by atoms with E-state index in [1.54, 1.807) is 7.48 Å². The standard InChI is InChI=1S/C4H8BN2O/c6-3-1-2-5-8-4-7/h1-2,4,7H2. The minimum absolute atomic E-state index is 0.200. The van der Waals surface area contributed by atoms with Crippen LogP contribution in [0, 0.1) is 11.3 Å². The first-order valence-electron chi connectivity index (χ1n) is 2.42. The second-order valence-corrected chi connectivity index (χ2v) is 1.20. The van der Waals surface area contributed by atoms with Crippen molar-refractivity contribution in [3.63, 3.8) is 0 Å². The zero-order chi connectivity index (χ0) is 6.24. The summed E-state index contributed by atoms with van der Waals surface area (Å²) in [6.45, 7) is 0.200. The number of nitrogens with zero attached hydrogens (tertiary/aromatic N) is 1. The van der Waals surface area contributed by atoms with Gasteiger partial charge in [0.1, 0.15) is 0 Å². The van der Waals surface area contributed by atoms with E-state index < -0.39 is 0 Å². The van der Waals surface area contributed by atoms with Gasteiger partial charge in [0.05, 0.1) is 12.8 Å². The van der Waals surface area contributed by atoms with Crippen LogP contribution in [-0.2, 0) is 4.65 Å². The molecule has 0 aromatic heterocycles. The van der Waals surface area contributed by atoms with E-state index in [0.717, 1.165) is 0 Å². The van der Waals surface area contributed by atoms with Crippen LogP contribution in [0.5, 0.6) is 0 Å². The predicted octanol–water partition coefficient (Wildman–Crippen LogP) is -0.130. The van der Waals surface area contributed by atoms with Crippen molar-refractivity contribution in [3.8, 4) is 6.07 Å². The molecule has 0 bridgehead atoms. The molecule has 0 rings (SSSR count). The number of nitriles is 1. The molecule has 8 heavy (non-hydrogen) atoms. The summed E-state index contributed by atoms with van der Waals surface area (Å²) in [5.74, 6) is 0. The lowest BCUT2D eigenvalue weighted by molar-refractivity contribution is 0.348. The fraction of sp³-hybridized carbons (Fsp3) is 0.750. The van der Waals surface area contributed by atoms with Gasteiger partial charge in [0.2, 0.25) is 0 Å². The summed E-state index contributed by atoms with van der Waals surface area (Å²) in [4.78, 5) is 0. The summed E-state index contributed by atoms with van der Waals surface area (Å²) < 4.78 is 4.64. The van der Waals surface area contributed by atoms with Crippen molar-refractivity contribution in [1.29, 1.82) is 5.26 Å². The number of rotatable bonds is 4. The highest BCUT2D eigenvalue weighted by atomic mass is 16.4. The van der Waals surface area contributed by atoms with Gasteiger partial charge in [0, 0.05) is 6.42 Å². The van der Waals surface area contributed by atoms with Crippen LogP contribution in [0.25, 0.3) is 0 Å². The fourth-order valence-electron chi connectivity index (χ4n) is 0.275. The first-order valence-corrected chi connectivity index (χ1v) is 2.42. The lowest BCUT2D eigenvalue weighted by Crippen LogP contribution is -2.07. The topological polar surface area (TPSA) is 59.0 Å². The van der Waals surface area contributed by atoms with Crippen LogP contribution < -0.4 is 5.73 Å². The van der Waals surface area contributed by atoms with E-state index in [9.17, 15) is 0 Å². The first-order chi connectivity index (χ1) is 3.91. The van der Waals surface area contributed by atoms with Gasteiger partial charge in [-0.2, -0.15) is 5.26 Å². The molecule has 0 aliphatic carbocycles. The Morgan fingerprint density at radius 1 is 1.75 bits per heavy atom. The van der Waals surface area contributed by atoms with E-state index in [2.05, 4.69) is 4.65 Å². The van der Waals surface area contributed by atoms with Crippen molar-refractivity contribution in [1.82, 2.24) is 0 Å². The Balaban J connectivity index is 2.65. The van der Waals surface area contributed by atoms with Crippen LogP contribution in [0.1, 0.15) is 6.42 Å². The van der Waals surface area contributed by atoms with Crippen molar-refractivity contribution in [3.05, 3.63) is 0 Å². The minimum atomic E-state index is 0.200. The monoisotopic (exact) mass is 111 g/mol. The molecule has 3 nitrogen and oxygen atoms in total. The Labute approximate surface area is 49.7 Å². The van der Waals surface area contributed by atoms with E-state index in [1.165, 1.54) is 0 Å². The van der Waals surface area contributed by atoms with Crippen LogP contribution in [0.4, 0.5) is 0 Å². The van der Waals surface area contributed by atoms with Crippen LogP contribution in [0.15, 0.2) is 0 Å². The average molecular weight is 111 g/mol. The largest absolute Gasteiger partial charge is 0.429 e. The molecule has 0 saturated heterocycles. The lowest BCUT2D eigenvalue weighted by Gasteiger charge is -1.91. The van der Waals surface area contributed by atoms with Gasteiger partial charge in [0.25, 0.3) is 7.48 Å². The van der Waals surface area contributed by atoms with Crippen LogP contribution >= 0.6 is 0 Å². The van der Waals surface area contributed by atoms with E-state index in [1.807, 2.05) is 6.07 Å². The van der Waals surface area contributed by atoms with Crippen molar-refractivity contribution in [2.45, 2.75) is 12.7 Å². The van der Waals surface area contributed by atoms with E-state index in [0.29, 0.717) is 12.7 Å². The van der Waals surface area contributed by atoms with Crippen LogP contribution in [0.3, 0.4) is 0 Å². The molecular formula is C4H8BN2O. The van der Waals surface area contributed by atoms with Gasteiger partial charge in [-0.25, -0.2) is 0 Å². The molecule has 0 heterocycles. The summed E-state index contributed by atoms with van der Waals surface area (Å²) in [5, 5.41) is 8.01. The highest BCUT2D eigenvalue weighted by Gasteiger charge is 1.87. The molecule has 0 aliphatic heterocycles. The van der Waals surface area contributed by atoms with Crippen molar-refractivity contribution in [2.75, 3.05) is 6.73 Å². The fourth-order valence-corrected chi connectivity index (χ4v) is 0.275. The van der Waals surface area contributed by atoms with E-state index >= 15 is 0 Å². The van der Waals surface area contributed by atoms with Gasteiger partial charge in [-0.3, -0.25) is 0 Å². The average Bonchev–Trinajstić information content (AvgIpc) is 1.81. The van der Waals surface area contributed by atoms with Gasteiger partial charge >= 0.3 is 0 Å². The van der Waals surface area contributed by atoms with Crippen molar-refractivity contribution >= 4 is 7.48 Å². The Bertz CT molecular complexity index is 80.6. The van der Waals surface area contributed by atoms with Crippen LogP contribution in [0.2, 0.25) is 6.32 Å². The molecule has 0 aliphatic rings. The predicted molar refractivity (Wildman–Crippen MR) is 30.9 cm³/mol. The van der Waals surface area contributed by atoms with Gasteiger partial charge in [-0.1, -0.05) is 0 Å². The molecule has 0 saturated carbocycles. The molecule has 0 aromatic carbocycles. The SMILES string of the molecule is N#CCC[B]OCN. The summed E-state index contributed by atoms with van der Waals surface area (Å²) in [7, 11) is 1.54. The summed E-state index contributed by atoms with van der Waals surface area (Å²) in [6, 6.07) is 1.97. The number of nitrogens with two attached hydrogens (primary N) is 1. The molecule has 0 unspecified atom stereocenters. The third-order valence-corrected chi connectivity index (χ3v) is 0.588. The summed E-state index contributed by atoms with van der Waals surface area (Å²) in [5.41, 5.74) is 4.97. The van der Waals surface area contributed by atoms with Crippen molar-refractivity contribution < 1.29 is 4.65 Å². The van der Waals surface area contributed by atoms with Gasteiger partial charge in [0.15, 0.2) is 0 Å². The Morgan fingerprint density at radius 2 is 2.50 bits per heavy atom. The zero-order valence-corrected chi connectivity index (χ0v) is 4.63. The van der Waals surface area contributed by atoms with Gasteiger partial charge in [-0.05, 0) is 6.32 Å². The molecular weight excluding hydrogens is 103 g/mol. The smallest absolute Gasteiger partial charge is 0.295 e. The number of hydrogen-bond donors (Lipinski definition) is 1. The maximum absolute atomic E-state index is 8.01. The molecule has 2 N–H and O–H groups in total. The second-order valence-electron chi connectivity index (χ2n) is 1.20. The Hall–Kier alpha value is -0.525. The molecule has 0 atom stereocenters. The molecule has 43 valence electrons. The third kappa shape index (κ3) is 5.47. The number of hydrogen-bond acceptors (Lipinski definition) is 3. The maximum Gasteiger partial charge on any atom is 0.295 e. The molecule has 0 spiro atoms. The molecule has 0 fully saturated rings. The van der Waals surface area contributed by atoms with Crippen molar-refractivity contribution in [2.24, 2.45) is 5.73 Å². The lowest BCUT2D eigenvalue weighted by atomic mass is 9.94. The molecule has 0 aromatic rings. The third-order valence-electron chi connectivity index (χ3n) is 0.588. The van der Waals surface area contributed by atoms with Crippen LogP contribution in [-0.4, -0.2) is 14.2 Å². The quantitative estimate of drug-likeness (QED) is 0.312. The first kappa shape index (κ1) is 7.47. The second kappa shape index (κ2) is 6.47. The summed E-state index contributed by atoms with van der Waals surface area (Å²) >= 11 is 0. The van der Waals surface area contributed by atoms with E-state index in [-0.39, 0.29) is 6.73 Å². The molecule has 4 heteroatoms. The van der Waals surface area contributed by atoms with Gasteiger partial charge in [-0.15, -0.1) is 0 Å². The normalized spacial score (nSPS) is 8.00. The highest BCUT2D eigenvalue weighted by molar-refractivity contribution is 6.27. The Kier molecular flexibility index (Phi) is 6.05.